The molecule has 0 amide bonds. The van der Waals surface area contributed by atoms with Crippen molar-refractivity contribution in [1.82, 2.24) is 0 Å². The molecular formula is C8H17O3S. The highest BCUT2D eigenvalue weighted by atomic mass is 32.2. The summed E-state index contributed by atoms with van der Waals surface area (Å²) in [5.74, 6) is 0. The molecule has 0 aliphatic heterocycles. The summed E-state index contributed by atoms with van der Waals surface area (Å²) >= 11 is 1.44. The van der Waals surface area contributed by atoms with Gasteiger partial charge in [0.2, 0.25) is 0 Å². The lowest BCUT2D eigenvalue weighted by Crippen LogP contribution is -2.22. The Morgan fingerprint density at radius 1 is 1.50 bits per heavy atom. The number of rotatable bonds is 7. The predicted molar refractivity (Wildman–Crippen MR) is 49.9 cm³/mol. The van der Waals surface area contributed by atoms with Gasteiger partial charge in [-0.25, -0.2) is 5.11 Å². The Morgan fingerprint density at radius 3 is 2.50 bits per heavy atom. The minimum absolute atomic E-state index is 0.117. The van der Waals surface area contributed by atoms with E-state index in [1.165, 1.54) is 11.8 Å². The van der Waals surface area contributed by atoms with Crippen LogP contribution >= 0.6 is 11.8 Å². The van der Waals surface area contributed by atoms with Gasteiger partial charge in [0.25, 0.3) is 0 Å². The molecule has 0 aliphatic rings. The van der Waals surface area contributed by atoms with Gasteiger partial charge in [-0.1, -0.05) is 6.92 Å². The van der Waals surface area contributed by atoms with Crippen molar-refractivity contribution in [3.8, 4) is 0 Å². The largest absolute Gasteiger partial charge is 0.379 e. The number of methoxy groups -OCH3 is 1. The topological polar surface area (TPSA) is 38.4 Å². The van der Waals surface area contributed by atoms with E-state index in [9.17, 15) is 5.11 Å². The SMILES string of the molecule is CCC(COC(C[O])SC)OC. The summed E-state index contributed by atoms with van der Waals surface area (Å²) in [7, 11) is 1.66. The first kappa shape index (κ1) is 12.2. The van der Waals surface area contributed by atoms with Crippen LogP contribution in [0.2, 0.25) is 0 Å². The summed E-state index contributed by atoms with van der Waals surface area (Å²) in [6.07, 6.45) is 2.90. The minimum atomic E-state index is -0.228. The average molecular weight is 193 g/mol. The quantitative estimate of drug-likeness (QED) is 0.576. The highest BCUT2D eigenvalue weighted by molar-refractivity contribution is 7.99. The molecule has 0 aromatic carbocycles. The Bertz CT molecular complexity index is 80.3. The standard InChI is InChI=1S/C8H17O3S/c1-4-7(10-2)6-11-8(5-9)12-3/h7-8H,4-6H2,1-3H3. The van der Waals surface area contributed by atoms with Gasteiger partial charge in [0, 0.05) is 7.11 Å². The Hall–Kier alpha value is 0.230. The van der Waals surface area contributed by atoms with E-state index < -0.39 is 0 Å². The van der Waals surface area contributed by atoms with E-state index in [1.807, 2.05) is 13.2 Å². The second kappa shape index (κ2) is 7.86. The van der Waals surface area contributed by atoms with Gasteiger partial charge in [-0.2, -0.15) is 0 Å². The Kier molecular flexibility index (Phi) is 8.01. The third-order valence-electron chi connectivity index (χ3n) is 1.66. The number of hydrogen-bond donors (Lipinski definition) is 0. The molecule has 0 aromatic rings. The van der Waals surface area contributed by atoms with Crippen LogP contribution in [0.15, 0.2) is 0 Å². The molecular weight excluding hydrogens is 176 g/mol. The van der Waals surface area contributed by atoms with E-state index in [1.54, 1.807) is 7.11 Å². The van der Waals surface area contributed by atoms with Crippen molar-refractivity contribution in [3.05, 3.63) is 0 Å². The van der Waals surface area contributed by atoms with Crippen molar-refractivity contribution < 1.29 is 14.6 Å². The van der Waals surface area contributed by atoms with E-state index in [0.717, 1.165) is 6.42 Å². The number of thioether (sulfide) groups is 1. The molecule has 0 bridgehead atoms. The van der Waals surface area contributed by atoms with Crippen LogP contribution in [0.25, 0.3) is 0 Å². The molecule has 4 heteroatoms. The Balaban J connectivity index is 3.49. The molecule has 0 fully saturated rings. The highest BCUT2D eigenvalue weighted by Gasteiger charge is 2.10. The third kappa shape index (κ3) is 4.98. The molecule has 0 aliphatic carbocycles. The van der Waals surface area contributed by atoms with Gasteiger partial charge in [0.15, 0.2) is 0 Å². The van der Waals surface area contributed by atoms with Crippen molar-refractivity contribution in [3.63, 3.8) is 0 Å². The van der Waals surface area contributed by atoms with Gasteiger partial charge in [0.1, 0.15) is 12.0 Å². The van der Waals surface area contributed by atoms with Crippen molar-refractivity contribution >= 4 is 11.8 Å². The van der Waals surface area contributed by atoms with E-state index in [2.05, 4.69) is 0 Å². The molecule has 0 saturated heterocycles. The lowest BCUT2D eigenvalue weighted by Gasteiger charge is -2.17. The maximum Gasteiger partial charge on any atom is 0.129 e. The van der Waals surface area contributed by atoms with Crippen LogP contribution in [-0.2, 0) is 14.6 Å². The first-order valence-electron chi connectivity index (χ1n) is 4.03. The summed E-state index contributed by atoms with van der Waals surface area (Å²) < 4.78 is 10.4. The molecule has 12 heavy (non-hydrogen) atoms. The zero-order valence-corrected chi connectivity index (χ0v) is 8.73. The molecule has 0 heterocycles. The van der Waals surface area contributed by atoms with Crippen molar-refractivity contribution in [1.29, 1.82) is 0 Å². The van der Waals surface area contributed by atoms with E-state index >= 15 is 0 Å². The van der Waals surface area contributed by atoms with Crippen molar-refractivity contribution in [2.24, 2.45) is 0 Å². The minimum Gasteiger partial charge on any atom is -0.379 e. The van der Waals surface area contributed by atoms with Crippen LogP contribution < -0.4 is 0 Å². The zero-order chi connectivity index (χ0) is 9.40. The molecule has 2 unspecified atom stereocenters. The molecule has 0 spiro atoms. The molecule has 0 rings (SSSR count). The van der Waals surface area contributed by atoms with Crippen molar-refractivity contribution in [2.75, 3.05) is 26.6 Å². The number of ether oxygens (including phenoxy) is 2. The zero-order valence-electron chi connectivity index (χ0n) is 7.91. The Labute approximate surface area is 78.4 Å². The van der Waals surface area contributed by atoms with Crippen LogP contribution in [-0.4, -0.2) is 38.1 Å². The normalized spacial score (nSPS) is 16.0. The van der Waals surface area contributed by atoms with Gasteiger partial charge < -0.3 is 9.47 Å². The summed E-state index contributed by atoms with van der Waals surface area (Å²) in [6, 6.07) is 0. The summed E-state index contributed by atoms with van der Waals surface area (Å²) in [6.45, 7) is 2.35. The van der Waals surface area contributed by atoms with Gasteiger partial charge in [-0.3, -0.25) is 0 Å². The van der Waals surface area contributed by atoms with Gasteiger partial charge in [0.05, 0.1) is 12.7 Å². The van der Waals surface area contributed by atoms with E-state index in [-0.39, 0.29) is 18.1 Å². The van der Waals surface area contributed by atoms with E-state index in [0.29, 0.717) is 6.61 Å². The van der Waals surface area contributed by atoms with Gasteiger partial charge in [-0.05, 0) is 12.7 Å². The molecule has 0 saturated carbocycles. The Morgan fingerprint density at radius 2 is 2.17 bits per heavy atom. The first-order valence-corrected chi connectivity index (χ1v) is 5.32. The fourth-order valence-electron chi connectivity index (χ4n) is 0.751. The summed E-state index contributed by atoms with van der Waals surface area (Å²) in [5.41, 5.74) is -0.228. The molecule has 0 aromatic heterocycles. The summed E-state index contributed by atoms with van der Waals surface area (Å²) in [5, 5.41) is 10.5. The fraction of sp³-hybridized carbons (Fsp3) is 1.00. The first-order chi connectivity index (χ1) is 5.78. The average Bonchev–Trinajstić information content (AvgIpc) is 2.13. The maximum absolute atomic E-state index is 10.5. The molecule has 73 valence electrons. The van der Waals surface area contributed by atoms with Crippen LogP contribution in [0.4, 0.5) is 0 Å². The predicted octanol–water partition coefficient (Wildman–Crippen LogP) is 1.55. The molecule has 1 radical (unpaired) electrons. The van der Waals surface area contributed by atoms with Gasteiger partial charge in [-0.15, -0.1) is 11.8 Å². The van der Waals surface area contributed by atoms with E-state index in [4.69, 9.17) is 9.47 Å². The lowest BCUT2D eigenvalue weighted by atomic mass is 10.3. The second-order valence-electron chi connectivity index (χ2n) is 2.43. The third-order valence-corrected chi connectivity index (χ3v) is 2.45. The van der Waals surface area contributed by atoms with Crippen LogP contribution in [0.5, 0.6) is 0 Å². The molecule has 3 nitrogen and oxygen atoms in total. The second-order valence-corrected chi connectivity index (χ2v) is 3.43. The fourth-order valence-corrected chi connectivity index (χ4v) is 1.10. The van der Waals surface area contributed by atoms with Crippen molar-refractivity contribution in [2.45, 2.75) is 24.9 Å². The van der Waals surface area contributed by atoms with Crippen LogP contribution in [0, 0.1) is 0 Å². The monoisotopic (exact) mass is 193 g/mol. The highest BCUT2D eigenvalue weighted by Crippen LogP contribution is 2.09. The maximum atomic E-state index is 10.5. The number of hydrogen-bond acceptors (Lipinski definition) is 3. The lowest BCUT2D eigenvalue weighted by molar-refractivity contribution is -0.0234. The van der Waals surface area contributed by atoms with Crippen LogP contribution in [0.3, 0.4) is 0 Å². The molecule has 2 atom stereocenters. The van der Waals surface area contributed by atoms with Crippen LogP contribution in [0.1, 0.15) is 13.3 Å². The smallest absolute Gasteiger partial charge is 0.129 e. The molecule has 0 N–H and O–H groups in total. The summed E-state index contributed by atoms with van der Waals surface area (Å²) in [4.78, 5) is 0. The van der Waals surface area contributed by atoms with Gasteiger partial charge >= 0.3 is 0 Å².